The molecule has 1 saturated heterocycles. The van der Waals surface area contributed by atoms with Gasteiger partial charge < -0.3 is 16.0 Å². The van der Waals surface area contributed by atoms with Crippen molar-refractivity contribution in [2.45, 2.75) is 13.3 Å². The lowest BCUT2D eigenvalue weighted by molar-refractivity contribution is -0.384. The Bertz CT molecular complexity index is 562. The average molecular weight is 279 g/mol. The minimum Gasteiger partial charge on any atom is -0.383 e. The number of nitrogens with zero attached hydrogens (tertiary/aromatic N) is 3. The Hall–Kier alpha value is -2.38. The van der Waals surface area contributed by atoms with Crippen molar-refractivity contribution in [1.29, 1.82) is 0 Å². The summed E-state index contributed by atoms with van der Waals surface area (Å²) in [6, 6.07) is 2.60. The van der Waals surface area contributed by atoms with Crippen molar-refractivity contribution in [3.05, 3.63) is 22.2 Å². The molecule has 1 aliphatic rings. The van der Waals surface area contributed by atoms with Gasteiger partial charge in [0.1, 0.15) is 11.6 Å². The Labute approximate surface area is 116 Å². The number of hydrogen-bond acceptors (Lipinski definition) is 6. The maximum Gasteiger partial charge on any atom is 0.276 e. The van der Waals surface area contributed by atoms with Gasteiger partial charge in [-0.05, 0) is 13.3 Å². The van der Waals surface area contributed by atoms with Gasteiger partial charge in [0.15, 0.2) is 0 Å². The summed E-state index contributed by atoms with van der Waals surface area (Å²) in [6.07, 6.45) is 0.664. The Kier molecular flexibility index (Phi) is 3.47. The van der Waals surface area contributed by atoms with Crippen molar-refractivity contribution < 1.29 is 9.72 Å². The molecule has 2 heterocycles. The zero-order chi connectivity index (χ0) is 14.9. The largest absolute Gasteiger partial charge is 0.383 e. The molecule has 0 spiro atoms. The second-order valence-electron chi connectivity index (χ2n) is 5.18. The highest BCUT2D eigenvalue weighted by atomic mass is 16.6. The number of amides is 1. The first-order chi connectivity index (χ1) is 9.35. The molecule has 1 atom stereocenters. The SMILES string of the molecule is CNC(=O)C1(C)CCN(c2cc([N+](=O)[O-])cc(N)n2)C1. The summed E-state index contributed by atoms with van der Waals surface area (Å²) >= 11 is 0. The third-order valence-electron chi connectivity index (χ3n) is 3.60. The maximum atomic E-state index is 11.9. The first-order valence-corrected chi connectivity index (χ1v) is 6.25. The van der Waals surface area contributed by atoms with Gasteiger partial charge in [-0.3, -0.25) is 14.9 Å². The van der Waals surface area contributed by atoms with Crippen LogP contribution in [-0.2, 0) is 4.79 Å². The van der Waals surface area contributed by atoms with Crippen LogP contribution in [0.5, 0.6) is 0 Å². The van der Waals surface area contributed by atoms with Gasteiger partial charge in [0.05, 0.1) is 22.5 Å². The summed E-state index contributed by atoms with van der Waals surface area (Å²) in [4.78, 5) is 28.2. The van der Waals surface area contributed by atoms with Crippen molar-refractivity contribution >= 4 is 23.2 Å². The fourth-order valence-corrected chi connectivity index (χ4v) is 2.43. The van der Waals surface area contributed by atoms with Gasteiger partial charge in [-0.15, -0.1) is 0 Å². The first kappa shape index (κ1) is 14.0. The van der Waals surface area contributed by atoms with Gasteiger partial charge in [-0.1, -0.05) is 0 Å². The number of carbonyl (C=O) groups excluding carboxylic acids is 1. The van der Waals surface area contributed by atoms with E-state index in [9.17, 15) is 14.9 Å². The summed E-state index contributed by atoms with van der Waals surface area (Å²) in [5, 5.41) is 13.5. The molecule has 0 aromatic carbocycles. The van der Waals surface area contributed by atoms with E-state index in [1.807, 2.05) is 11.8 Å². The number of nitro groups is 1. The molecule has 0 aliphatic carbocycles. The third kappa shape index (κ3) is 2.49. The summed E-state index contributed by atoms with van der Waals surface area (Å²) in [5.74, 6) is 0.491. The fourth-order valence-electron chi connectivity index (χ4n) is 2.43. The van der Waals surface area contributed by atoms with Crippen LogP contribution >= 0.6 is 0 Å². The number of hydrogen-bond donors (Lipinski definition) is 2. The van der Waals surface area contributed by atoms with Crippen LogP contribution in [0.1, 0.15) is 13.3 Å². The molecule has 1 aromatic heterocycles. The van der Waals surface area contributed by atoms with Gasteiger partial charge in [0.2, 0.25) is 5.91 Å². The van der Waals surface area contributed by atoms with E-state index in [1.54, 1.807) is 7.05 Å². The molecule has 1 amide bonds. The quantitative estimate of drug-likeness (QED) is 0.616. The van der Waals surface area contributed by atoms with Crippen LogP contribution in [0.2, 0.25) is 0 Å². The van der Waals surface area contributed by atoms with E-state index in [-0.39, 0.29) is 17.4 Å². The zero-order valence-corrected chi connectivity index (χ0v) is 11.4. The van der Waals surface area contributed by atoms with Crippen LogP contribution in [0.25, 0.3) is 0 Å². The summed E-state index contributed by atoms with van der Waals surface area (Å²) < 4.78 is 0. The number of nitrogens with two attached hydrogens (primary N) is 1. The number of pyridine rings is 1. The molecule has 0 bridgehead atoms. The number of anilines is 2. The first-order valence-electron chi connectivity index (χ1n) is 6.25. The molecule has 1 aromatic rings. The number of nitrogens with one attached hydrogen (secondary N) is 1. The van der Waals surface area contributed by atoms with Crippen molar-refractivity contribution in [1.82, 2.24) is 10.3 Å². The normalized spacial score (nSPS) is 21.8. The van der Waals surface area contributed by atoms with Crippen molar-refractivity contribution in [2.75, 3.05) is 30.8 Å². The van der Waals surface area contributed by atoms with Gasteiger partial charge in [0.25, 0.3) is 5.69 Å². The molecule has 1 fully saturated rings. The van der Waals surface area contributed by atoms with E-state index >= 15 is 0 Å². The van der Waals surface area contributed by atoms with Crippen molar-refractivity contribution in [2.24, 2.45) is 5.41 Å². The summed E-state index contributed by atoms with van der Waals surface area (Å²) in [7, 11) is 1.60. The van der Waals surface area contributed by atoms with Crippen molar-refractivity contribution in [3.63, 3.8) is 0 Å². The minimum absolute atomic E-state index is 0.0431. The van der Waals surface area contributed by atoms with Crippen molar-refractivity contribution in [3.8, 4) is 0 Å². The van der Waals surface area contributed by atoms with Gasteiger partial charge in [0, 0.05) is 20.1 Å². The van der Waals surface area contributed by atoms with E-state index < -0.39 is 10.3 Å². The highest BCUT2D eigenvalue weighted by molar-refractivity contribution is 5.83. The van der Waals surface area contributed by atoms with Crippen LogP contribution in [0.15, 0.2) is 12.1 Å². The predicted molar refractivity (Wildman–Crippen MR) is 74.3 cm³/mol. The number of rotatable bonds is 3. The molecule has 0 radical (unpaired) electrons. The highest BCUT2D eigenvalue weighted by Crippen LogP contribution is 2.34. The summed E-state index contributed by atoms with van der Waals surface area (Å²) in [6.45, 7) is 2.93. The number of carbonyl (C=O) groups is 1. The molecule has 8 nitrogen and oxygen atoms in total. The molecule has 108 valence electrons. The molecule has 20 heavy (non-hydrogen) atoms. The second kappa shape index (κ2) is 4.95. The molecule has 2 rings (SSSR count). The third-order valence-corrected chi connectivity index (χ3v) is 3.60. The molecular formula is C12H17N5O3. The summed E-state index contributed by atoms with van der Waals surface area (Å²) in [5.41, 5.74) is 4.98. The van der Waals surface area contributed by atoms with Crippen LogP contribution in [0.3, 0.4) is 0 Å². The topological polar surface area (TPSA) is 114 Å². The Morgan fingerprint density at radius 2 is 2.30 bits per heavy atom. The Morgan fingerprint density at radius 1 is 1.60 bits per heavy atom. The predicted octanol–water partition coefficient (Wildman–Crippen LogP) is 0.534. The monoisotopic (exact) mass is 279 g/mol. The lowest BCUT2D eigenvalue weighted by Gasteiger charge is -2.23. The molecule has 1 unspecified atom stereocenters. The van der Waals surface area contributed by atoms with E-state index in [2.05, 4.69) is 10.3 Å². The van der Waals surface area contributed by atoms with E-state index in [1.165, 1.54) is 12.1 Å². The van der Waals surface area contributed by atoms with Gasteiger partial charge in [-0.2, -0.15) is 0 Å². The van der Waals surface area contributed by atoms with E-state index in [0.717, 1.165) is 0 Å². The minimum atomic E-state index is -0.518. The van der Waals surface area contributed by atoms with Crippen LogP contribution in [-0.4, -0.2) is 36.0 Å². The molecule has 3 N–H and O–H groups in total. The Morgan fingerprint density at radius 3 is 2.90 bits per heavy atom. The van der Waals surface area contributed by atoms with Crippen LogP contribution < -0.4 is 16.0 Å². The van der Waals surface area contributed by atoms with Gasteiger partial charge >= 0.3 is 0 Å². The highest BCUT2D eigenvalue weighted by Gasteiger charge is 2.40. The van der Waals surface area contributed by atoms with Crippen LogP contribution in [0.4, 0.5) is 17.3 Å². The average Bonchev–Trinajstić information content (AvgIpc) is 2.81. The Balaban J connectivity index is 2.26. The second-order valence-corrected chi connectivity index (χ2v) is 5.18. The lowest BCUT2D eigenvalue weighted by atomic mass is 9.89. The molecule has 1 aliphatic heterocycles. The molecular weight excluding hydrogens is 262 g/mol. The number of aromatic nitrogens is 1. The molecule has 0 saturated carbocycles. The van der Waals surface area contributed by atoms with E-state index in [0.29, 0.717) is 25.3 Å². The molecule has 8 heteroatoms. The standard InChI is InChI=1S/C12H17N5O3/c1-12(11(18)14-2)3-4-16(7-12)10-6-8(17(19)20)5-9(13)15-10/h5-6H,3-4,7H2,1-2H3,(H2,13,15)(H,14,18). The van der Waals surface area contributed by atoms with Gasteiger partial charge in [-0.25, -0.2) is 4.98 Å². The smallest absolute Gasteiger partial charge is 0.276 e. The lowest BCUT2D eigenvalue weighted by Crippen LogP contribution is -2.39. The zero-order valence-electron chi connectivity index (χ0n) is 11.4. The number of nitrogen functional groups attached to an aromatic ring is 1. The maximum absolute atomic E-state index is 11.9. The fraction of sp³-hybridized carbons (Fsp3) is 0.500. The van der Waals surface area contributed by atoms with Crippen LogP contribution in [0, 0.1) is 15.5 Å². The van der Waals surface area contributed by atoms with E-state index in [4.69, 9.17) is 5.73 Å².